The van der Waals surface area contributed by atoms with Gasteiger partial charge in [0.2, 0.25) is 0 Å². The predicted octanol–water partition coefficient (Wildman–Crippen LogP) is 3.48. The second kappa shape index (κ2) is 6.12. The fourth-order valence-electron chi connectivity index (χ4n) is 1.88. The van der Waals surface area contributed by atoms with E-state index >= 15 is 0 Å². The number of aliphatic hydroxyl groups is 1. The van der Waals surface area contributed by atoms with Gasteiger partial charge in [-0.3, -0.25) is 10.1 Å². The molecule has 2 rings (SSSR count). The first-order valence-electron chi connectivity index (χ1n) is 5.74. The summed E-state index contributed by atoms with van der Waals surface area (Å²) in [5, 5.41) is 21.1. The van der Waals surface area contributed by atoms with E-state index in [9.17, 15) is 15.2 Å². The highest BCUT2D eigenvalue weighted by atomic mass is 127. The number of halogens is 1. The van der Waals surface area contributed by atoms with Gasteiger partial charge in [0.1, 0.15) is 0 Å². The zero-order valence-corrected chi connectivity index (χ0v) is 12.1. The summed E-state index contributed by atoms with van der Waals surface area (Å²) in [4.78, 5) is 10.6. The van der Waals surface area contributed by atoms with Crippen LogP contribution in [0.25, 0.3) is 0 Å². The Morgan fingerprint density at radius 1 is 1.21 bits per heavy atom. The SMILES string of the molecule is O=[N+]([O-])c1cc(I)ccc1CC(O)c1ccccc1. The highest BCUT2D eigenvalue weighted by molar-refractivity contribution is 14.1. The molecule has 0 heterocycles. The summed E-state index contributed by atoms with van der Waals surface area (Å²) in [6.45, 7) is 0. The molecule has 1 N–H and O–H groups in total. The van der Waals surface area contributed by atoms with Gasteiger partial charge in [-0.05, 0) is 34.2 Å². The number of nitro groups is 1. The maximum absolute atomic E-state index is 11.0. The maximum atomic E-state index is 11.0. The molecule has 5 heteroatoms. The summed E-state index contributed by atoms with van der Waals surface area (Å²) in [7, 11) is 0. The lowest BCUT2D eigenvalue weighted by atomic mass is 10.0. The summed E-state index contributed by atoms with van der Waals surface area (Å²) in [5.74, 6) is 0. The first-order chi connectivity index (χ1) is 9.08. The Kier molecular flexibility index (Phi) is 4.49. The Bertz CT molecular complexity index is 586. The maximum Gasteiger partial charge on any atom is 0.273 e. The van der Waals surface area contributed by atoms with Gasteiger partial charge in [0.25, 0.3) is 5.69 Å². The molecule has 4 nitrogen and oxygen atoms in total. The first kappa shape index (κ1) is 14.0. The van der Waals surface area contributed by atoms with Crippen molar-refractivity contribution in [3.8, 4) is 0 Å². The van der Waals surface area contributed by atoms with E-state index in [2.05, 4.69) is 0 Å². The van der Waals surface area contributed by atoms with Gasteiger partial charge in [-0.2, -0.15) is 0 Å². The van der Waals surface area contributed by atoms with Crippen LogP contribution in [-0.2, 0) is 6.42 Å². The lowest BCUT2D eigenvalue weighted by Gasteiger charge is -2.11. The van der Waals surface area contributed by atoms with Gasteiger partial charge in [-0.1, -0.05) is 36.4 Å². The van der Waals surface area contributed by atoms with E-state index in [1.807, 2.05) is 52.9 Å². The van der Waals surface area contributed by atoms with Crippen LogP contribution in [0, 0.1) is 13.7 Å². The molecule has 19 heavy (non-hydrogen) atoms. The summed E-state index contributed by atoms with van der Waals surface area (Å²) >= 11 is 2.03. The number of hydrogen-bond acceptors (Lipinski definition) is 3. The number of nitro benzene ring substituents is 1. The molecule has 0 spiro atoms. The molecule has 0 aliphatic carbocycles. The first-order valence-corrected chi connectivity index (χ1v) is 6.81. The Hall–Kier alpha value is -1.47. The molecule has 0 saturated carbocycles. The third kappa shape index (κ3) is 3.51. The smallest absolute Gasteiger partial charge is 0.273 e. The van der Waals surface area contributed by atoms with Crippen LogP contribution in [-0.4, -0.2) is 10.0 Å². The van der Waals surface area contributed by atoms with E-state index < -0.39 is 11.0 Å². The van der Waals surface area contributed by atoms with Crippen LogP contribution < -0.4 is 0 Å². The third-order valence-electron chi connectivity index (χ3n) is 2.84. The molecular weight excluding hydrogens is 357 g/mol. The predicted molar refractivity (Wildman–Crippen MR) is 80.9 cm³/mol. The van der Waals surface area contributed by atoms with Crippen molar-refractivity contribution in [1.82, 2.24) is 0 Å². The minimum absolute atomic E-state index is 0.0573. The highest BCUT2D eigenvalue weighted by Gasteiger charge is 2.18. The van der Waals surface area contributed by atoms with Crippen LogP contribution in [0.2, 0.25) is 0 Å². The summed E-state index contributed by atoms with van der Waals surface area (Å²) in [6.07, 6.45) is -0.503. The molecule has 0 aliphatic rings. The monoisotopic (exact) mass is 369 g/mol. The van der Waals surface area contributed by atoms with Crippen molar-refractivity contribution in [2.45, 2.75) is 12.5 Å². The van der Waals surface area contributed by atoms with Crippen LogP contribution in [0.5, 0.6) is 0 Å². The normalized spacial score (nSPS) is 12.1. The van der Waals surface area contributed by atoms with E-state index in [-0.39, 0.29) is 12.1 Å². The van der Waals surface area contributed by atoms with Gasteiger partial charge in [0.05, 0.1) is 11.0 Å². The molecule has 0 amide bonds. The van der Waals surface area contributed by atoms with Crippen LogP contribution in [0.1, 0.15) is 17.2 Å². The second-order valence-corrected chi connectivity index (χ2v) is 5.41. The summed E-state index contributed by atoms with van der Waals surface area (Å²) in [6, 6.07) is 14.2. The molecule has 0 aromatic heterocycles. The number of benzene rings is 2. The van der Waals surface area contributed by atoms with E-state index in [1.54, 1.807) is 12.1 Å². The van der Waals surface area contributed by atoms with Gasteiger partial charge in [-0.15, -0.1) is 0 Å². The molecule has 0 bridgehead atoms. The average molecular weight is 369 g/mol. The molecule has 2 aromatic carbocycles. The quantitative estimate of drug-likeness (QED) is 0.510. The van der Waals surface area contributed by atoms with Crippen LogP contribution in [0.15, 0.2) is 48.5 Å². The summed E-state index contributed by atoms with van der Waals surface area (Å²) in [5.41, 5.74) is 1.36. The number of aliphatic hydroxyl groups excluding tert-OH is 1. The van der Waals surface area contributed by atoms with Gasteiger partial charge < -0.3 is 5.11 Å². The molecule has 0 saturated heterocycles. The van der Waals surface area contributed by atoms with E-state index in [1.165, 1.54) is 6.07 Å². The molecule has 0 fully saturated rings. The van der Waals surface area contributed by atoms with E-state index in [4.69, 9.17) is 0 Å². The largest absolute Gasteiger partial charge is 0.388 e. The van der Waals surface area contributed by atoms with Crippen molar-refractivity contribution in [3.05, 3.63) is 73.3 Å². The molecule has 0 radical (unpaired) electrons. The van der Waals surface area contributed by atoms with Gasteiger partial charge in [0, 0.05) is 21.6 Å². The van der Waals surface area contributed by atoms with Crippen molar-refractivity contribution in [1.29, 1.82) is 0 Å². The fraction of sp³-hybridized carbons (Fsp3) is 0.143. The molecule has 2 aromatic rings. The molecule has 0 aliphatic heterocycles. The fourth-order valence-corrected chi connectivity index (χ4v) is 2.36. The van der Waals surface area contributed by atoms with E-state index in [0.717, 1.165) is 9.13 Å². The van der Waals surface area contributed by atoms with E-state index in [0.29, 0.717) is 5.56 Å². The minimum Gasteiger partial charge on any atom is -0.388 e. The lowest BCUT2D eigenvalue weighted by molar-refractivity contribution is -0.385. The van der Waals surface area contributed by atoms with Crippen molar-refractivity contribution < 1.29 is 10.0 Å². The second-order valence-electron chi connectivity index (χ2n) is 4.16. The molecule has 1 unspecified atom stereocenters. The van der Waals surface area contributed by atoms with Crippen LogP contribution >= 0.6 is 22.6 Å². The zero-order chi connectivity index (χ0) is 13.8. The average Bonchev–Trinajstić information content (AvgIpc) is 2.41. The summed E-state index contributed by atoms with van der Waals surface area (Å²) < 4.78 is 0.808. The van der Waals surface area contributed by atoms with Gasteiger partial charge in [-0.25, -0.2) is 0 Å². The number of rotatable bonds is 4. The Balaban J connectivity index is 2.26. The highest BCUT2D eigenvalue weighted by Crippen LogP contribution is 2.26. The third-order valence-corrected chi connectivity index (χ3v) is 3.51. The topological polar surface area (TPSA) is 63.4 Å². The zero-order valence-electron chi connectivity index (χ0n) is 9.99. The van der Waals surface area contributed by atoms with Crippen molar-refractivity contribution in [2.75, 3.05) is 0 Å². The van der Waals surface area contributed by atoms with Crippen molar-refractivity contribution in [3.63, 3.8) is 0 Å². The van der Waals surface area contributed by atoms with Crippen molar-refractivity contribution in [2.24, 2.45) is 0 Å². The molecule has 98 valence electrons. The van der Waals surface area contributed by atoms with Crippen molar-refractivity contribution >= 4 is 28.3 Å². The van der Waals surface area contributed by atoms with Crippen LogP contribution in [0.4, 0.5) is 5.69 Å². The van der Waals surface area contributed by atoms with Crippen LogP contribution in [0.3, 0.4) is 0 Å². The minimum atomic E-state index is -0.736. The van der Waals surface area contributed by atoms with Gasteiger partial charge in [0.15, 0.2) is 0 Å². The Morgan fingerprint density at radius 3 is 2.53 bits per heavy atom. The van der Waals surface area contributed by atoms with Gasteiger partial charge >= 0.3 is 0 Å². The lowest BCUT2D eigenvalue weighted by Crippen LogP contribution is -2.04. The standard InChI is InChI=1S/C14H12INO3/c15-12-7-6-11(13(9-12)16(18)19)8-14(17)10-4-2-1-3-5-10/h1-7,9,14,17H,8H2. The Labute approximate surface area is 124 Å². The Morgan fingerprint density at radius 2 is 1.89 bits per heavy atom. The molecule has 1 atom stereocenters. The molecular formula is C14H12INO3. The number of nitrogens with zero attached hydrogens (tertiary/aromatic N) is 1. The number of hydrogen-bond donors (Lipinski definition) is 1.